The zero-order valence-electron chi connectivity index (χ0n) is 21.9. The summed E-state index contributed by atoms with van der Waals surface area (Å²) in [6, 6.07) is 26.7. The first-order valence-electron chi connectivity index (χ1n) is 12.6. The fourth-order valence-corrected chi connectivity index (χ4v) is 3.89. The first kappa shape index (κ1) is 27.9. The molecule has 0 saturated carbocycles. The summed E-state index contributed by atoms with van der Waals surface area (Å²) in [6.45, 7) is 0.825. The molecular formula is C30H29N3O7. The number of hydrogen-bond acceptors (Lipinski definition) is 7. The minimum absolute atomic E-state index is 0.0237. The maximum absolute atomic E-state index is 12.1. The monoisotopic (exact) mass is 543 g/mol. The zero-order valence-corrected chi connectivity index (χ0v) is 21.9. The summed E-state index contributed by atoms with van der Waals surface area (Å²) in [5.74, 6) is -1.06. The molecule has 0 unspecified atom stereocenters. The van der Waals surface area contributed by atoms with E-state index in [-0.39, 0.29) is 32.1 Å². The van der Waals surface area contributed by atoms with Gasteiger partial charge in [0.15, 0.2) is 0 Å². The third-order valence-electron chi connectivity index (χ3n) is 5.97. The number of hydrogen-bond donors (Lipinski definition) is 1. The molecule has 1 saturated heterocycles. The highest BCUT2D eigenvalue weighted by molar-refractivity contribution is 6.01. The maximum atomic E-state index is 12.1. The number of carbonyl (C=O) groups is 4. The second kappa shape index (κ2) is 13.6. The fourth-order valence-electron chi connectivity index (χ4n) is 3.89. The Labute approximate surface area is 231 Å². The van der Waals surface area contributed by atoms with Crippen LogP contribution in [0.1, 0.15) is 29.5 Å². The number of aromatic nitrogens is 1. The van der Waals surface area contributed by atoms with Crippen LogP contribution >= 0.6 is 0 Å². The first-order chi connectivity index (χ1) is 19.4. The molecule has 3 aromatic carbocycles. The highest BCUT2D eigenvalue weighted by Gasteiger charge is 2.33. The number of nitrogens with zero attached hydrogens (tertiary/aromatic N) is 2. The van der Waals surface area contributed by atoms with Crippen molar-refractivity contribution in [2.24, 2.45) is 0 Å². The third-order valence-corrected chi connectivity index (χ3v) is 5.97. The molecule has 0 bridgehead atoms. The van der Waals surface area contributed by atoms with Gasteiger partial charge in [-0.2, -0.15) is 0 Å². The number of ether oxygens (including phenoxy) is 2. The van der Waals surface area contributed by atoms with Gasteiger partial charge in [0.1, 0.15) is 13.2 Å². The number of H-pyrrole nitrogens is 1. The van der Waals surface area contributed by atoms with Crippen molar-refractivity contribution in [3.8, 4) is 0 Å². The number of amides is 3. The van der Waals surface area contributed by atoms with Gasteiger partial charge < -0.3 is 19.4 Å². The van der Waals surface area contributed by atoms with Crippen LogP contribution in [0.3, 0.4) is 0 Å². The Morgan fingerprint density at radius 1 is 0.800 bits per heavy atom. The Bertz CT molecular complexity index is 1440. The molecule has 1 N–H and O–H groups in total. The highest BCUT2D eigenvalue weighted by atomic mass is 16.8. The lowest BCUT2D eigenvalue weighted by molar-refractivity contribution is -0.177. The molecule has 10 heteroatoms. The topological polar surface area (TPSA) is 118 Å². The average molecular weight is 544 g/mol. The number of fused-ring (bicyclic) bond motifs is 1. The molecule has 5 rings (SSSR count). The van der Waals surface area contributed by atoms with Crippen molar-refractivity contribution in [1.29, 1.82) is 0 Å². The largest absolute Gasteiger partial charge is 0.534 e. The molecule has 2 heterocycles. The highest BCUT2D eigenvalue weighted by Crippen LogP contribution is 2.19. The Balaban J connectivity index is 0.000000189. The number of nitrogens with one attached hydrogen (secondary N) is 1. The van der Waals surface area contributed by atoms with Crippen LogP contribution in [-0.4, -0.2) is 46.1 Å². The van der Waals surface area contributed by atoms with Crippen LogP contribution in [0.5, 0.6) is 0 Å². The van der Waals surface area contributed by atoms with Gasteiger partial charge in [-0.25, -0.2) is 9.59 Å². The van der Waals surface area contributed by atoms with E-state index in [2.05, 4.69) is 9.82 Å². The van der Waals surface area contributed by atoms with Crippen molar-refractivity contribution in [2.75, 3.05) is 7.05 Å². The Kier molecular flexibility index (Phi) is 9.49. The van der Waals surface area contributed by atoms with Crippen molar-refractivity contribution >= 4 is 35.0 Å². The van der Waals surface area contributed by atoms with E-state index in [1.807, 2.05) is 66.9 Å². The molecule has 0 spiro atoms. The molecule has 1 aromatic heterocycles. The molecule has 1 aliphatic heterocycles. The summed E-state index contributed by atoms with van der Waals surface area (Å²) in [5.41, 5.74) is 3.92. The second-order valence-electron chi connectivity index (χ2n) is 8.95. The van der Waals surface area contributed by atoms with Gasteiger partial charge in [-0.05, 0) is 22.8 Å². The average Bonchev–Trinajstić information content (AvgIpc) is 3.54. The van der Waals surface area contributed by atoms with Crippen LogP contribution in [0.4, 0.5) is 9.59 Å². The van der Waals surface area contributed by atoms with Crippen LogP contribution in [-0.2, 0) is 43.7 Å². The number of rotatable bonds is 7. The summed E-state index contributed by atoms with van der Waals surface area (Å²) in [5, 5.41) is 1.58. The normalized spacial score (nSPS) is 12.5. The quantitative estimate of drug-likeness (QED) is 0.247. The van der Waals surface area contributed by atoms with E-state index < -0.39 is 18.0 Å². The molecule has 4 aromatic rings. The van der Waals surface area contributed by atoms with E-state index in [9.17, 15) is 19.2 Å². The van der Waals surface area contributed by atoms with Gasteiger partial charge in [-0.1, -0.05) is 83.9 Å². The Morgan fingerprint density at radius 3 is 1.98 bits per heavy atom. The summed E-state index contributed by atoms with van der Waals surface area (Å²) in [4.78, 5) is 55.0. The predicted octanol–water partition coefficient (Wildman–Crippen LogP) is 5.34. The fraction of sp³-hybridized carbons (Fsp3) is 0.200. The molecule has 0 radical (unpaired) electrons. The SMILES string of the molecule is CN(Cc1c[nH]c2ccccc12)C(=O)OCc1ccccc1.O=C(OCc1ccccc1)ON1C(=O)CCC1=O. The van der Waals surface area contributed by atoms with Crippen LogP contribution in [0.2, 0.25) is 0 Å². The van der Waals surface area contributed by atoms with E-state index in [0.29, 0.717) is 11.6 Å². The number of aromatic amines is 1. The summed E-state index contributed by atoms with van der Waals surface area (Å²) in [7, 11) is 1.75. The number of carbonyl (C=O) groups excluding carboxylic acids is 4. The molecule has 0 aliphatic carbocycles. The lowest BCUT2D eigenvalue weighted by atomic mass is 10.2. The smallest absolute Gasteiger partial charge is 0.445 e. The molecule has 0 atom stereocenters. The molecular weight excluding hydrogens is 514 g/mol. The van der Waals surface area contributed by atoms with Gasteiger partial charge in [0.25, 0.3) is 11.8 Å². The van der Waals surface area contributed by atoms with Crippen LogP contribution in [0, 0.1) is 0 Å². The molecule has 3 amide bonds. The first-order valence-corrected chi connectivity index (χ1v) is 12.6. The van der Waals surface area contributed by atoms with Crippen molar-refractivity contribution in [3.05, 3.63) is 108 Å². The van der Waals surface area contributed by atoms with Gasteiger partial charge in [-0.15, -0.1) is 0 Å². The Morgan fingerprint density at radius 2 is 1.35 bits per heavy atom. The summed E-state index contributed by atoms with van der Waals surface area (Å²) >= 11 is 0. The molecule has 40 heavy (non-hydrogen) atoms. The number of imide groups is 1. The van der Waals surface area contributed by atoms with Crippen molar-refractivity contribution in [2.45, 2.75) is 32.6 Å². The summed E-state index contributed by atoms with van der Waals surface area (Å²) in [6.07, 6.45) is 0.665. The van der Waals surface area contributed by atoms with Crippen LogP contribution < -0.4 is 0 Å². The summed E-state index contributed by atoms with van der Waals surface area (Å²) < 4.78 is 10.1. The van der Waals surface area contributed by atoms with E-state index in [1.54, 1.807) is 36.2 Å². The van der Waals surface area contributed by atoms with Crippen molar-refractivity contribution in [3.63, 3.8) is 0 Å². The van der Waals surface area contributed by atoms with Gasteiger partial charge in [0.2, 0.25) is 0 Å². The minimum Gasteiger partial charge on any atom is -0.445 e. The van der Waals surface area contributed by atoms with Gasteiger partial charge >= 0.3 is 12.2 Å². The van der Waals surface area contributed by atoms with Gasteiger partial charge in [0.05, 0.1) is 6.54 Å². The maximum Gasteiger partial charge on any atom is 0.534 e. The van der Waals surface area contributed by atoms with Gasteiger partial charge in [0, 0.05) is 37.0 Å². The van der Waals surface area contributed by atoms with E-state index >= 15 is 0 Å². The van der Waals surface area contributed by atoms with Crippen LogP contribution in [0.15, 0.2) is 91.1 Å². The lowest BCUT2D eigenvalue weighted by Gasteiger charge is -2.16. The predicted molar refractivity (Wildman–Crippen MR) is 145 cm³/mol. The van der Waals surface area contributed by atoms with Crippen molar-refractivity contribution in [1.82, 2.24) is 14.9 Å². The third kappa shape index (κ3) is 7.70. The van der Waals surface area contributed by atoms with E-state index in [0.717, 1.165) is 27.6 Å². The second-order valence-corrected chi connectivity index (χ2v) is 8.95. The molecule has 1 aliphatic rings. The number of benzene rings is 3. The standard InChI is InChI=1S/C18H18N2O2.C12H11NO5/c1-20(18(21)22-13-14-7-3-2-4-8-14)12-15-11-19-17-10-6-5-9-16(15)17;14-10-6-7-11(15)13(10)18-12(16)17-8-9-4-2-1-3-5-9/h2-11,19H,12-13H2,1H3;1-5H,6-8H2. The minimum atomic E-state index is -1.07. The molecule has 1 fully saturated rings. The van der Waals surface area contributed by atoms with Crippen LogP contribution in [0.25, 0.3) is 10.9 Å². The lowest BCUT2D eigenvalue weighted by Crippen LogP contribution is -2.32. The van der Waals surface area contributed by atoms with E-state index in [1.165, 1.54) is 0 Å². The van der Waals surface area contributed by atoms with E-state index in [4.69, 9.17) is 9.47 Å². The number of para-hydroxylation sites is 1. The number of hydroxylamine groups is 2. The zero-order chi connectivity index (χ0) is 28.3. The molecule has 10 nitrogen and oxygen atoms in total. The Hall–Kier alpha value is -5.12. The van der Waals surface area contributed by atoms with Crippen molar-refractivity contribution < 1.29 is 33.5 Å². The molecule has 206 valence electrons. The van der Waals surface area contributed by atoms with Gasteiger partial charge in [-0.3, -0.25) is 14.4 Å².